The fraction of sp³-hybridized carbons (Fsp3) is 0.182. The van der Waals surface area contributed by atoms with Crippen molar-refractivity contribution in [1.29, 1.82) is 0 Å². The van der Waals surface area contributed by atoms with Crippen LogP contribution in [-0.2, 0) is 16.1 Å². The quantitative estimate of drug-likeness (QED) is 0.367. The Balaban J connectivity index is 1.80. The van der Waals surface area contributed by atoms with Gasteiger partial charge in [-0.15, -0.1) is 0 Å². The highest BCUT2D eigenvalue weighted by molar-refractivity contribution is 5.88. The Hall–Kier alpha value is -3.54. The van der Waals surface area contributed by atoms with Gasteiger partial charge < -0.3 is 18.6 Å². The van der Waals surface area contributed by atoms with Crippen LogP contribution in [0.5, 0.6) is 11.5 Å². The molecule has 0 atom stereocenters. The molecule has 2 aromatic carbocycles. The van der Waals surface area contributed by atoms with E-state index in [0.717, 1.165) is 11.1 Å². The van der Waals surface area contributed by atoms with E-state index < -0.39 is 11.6 Å². The molecule has 0 saturated carbocycles. The first kappa shape index (κ1) is 19.2. The largest absolute Gasteiger partial charge is 0.493 e. The summed E-state index contributed by atoms with van der Waals surface area (Å²) in [4.78, 5) is 23.9. The number of rotatable bonds is 6. The van der Waals surface area contributed by atoms with Crippen molar-refractivity contribution >= 4 is 23.0 Å². The fourth-order valence-electron chi connectivity index (χ4n) is 2.71. The summed E-state index contributed by atoms with van der Waals surface area (Å²) in [5, 5.41) is 0.604. The fourth-order valence-corrected chi connectivity index (χ4v) is 2.71. The number of ether oxygens (including phenoxy) is 3. The van der Waals surface area contributed by atoms with E-state index in [1.165, 1.54) is 26.4 Å². The van der Waals surface area contributed by atoms with E-state index in [2.05, 4.69) is 0 Å². The maximum absolute atomic E-state index is 12.0. The predicted octanol–water partition coefficient (Wildman–Crippen LogP) is 3.88. The van der Waals surface area contributed by atoms with Gasteiger partial charge in [0.25, 0.3) is 0 Å². The molecule has 0 fully saturated rings. The van der Waals surface area contributed by atoms with Gasteiger partial charge in [0.05, 0.1) is 14.2 Å². The number of hydrogen-bond acceptors (Lipinski definition) is 6. The molecule has 0 aliphatic heterocycles. The summed E-state index contributed by atoms with van der Waals surface area (Å²) in [5.41, 5.74) is 2.34. The second-order valence-electron chi connectivity index (χ2n) is 6.15. The van der Waals surface area contributed by atoms with Crippen molar-refractivity contribution in [1.82, 2.24) is 0 Å². The molecule has 6 heteroatoms. The molecule has 0 unspecified atom stereocenters. The van der Waals surface area contributed by atoms with Crippen molar-refractivity contribution in [2.24, 2.45) is 0 Å². The van der Waals surface area contributed by atoms with E-state index in [1.807, 2.05) is 31.2 Å². The molecular formula is C22H20O6. The Kier molecular flexibility index (Phi) is 5.79. The van der Waals surface area contributed by atoms with Crippen molar-refractivity contribution in [2.75, 3.05) is 14.2 Å². The highest BCUT2D eigenvalue weighted by Gasteiger charge is 2.13. The van der Waals surface area contributed by atoms with Crippen LogP contribution in [0, 0.1) is 6.92 Å². The van der Waals surface area contributed by atoms with Gasteiger partial charge in [-0.25, -0.2) is 9.59 Å². The summed E-state index contributed by atoms with van der Waals surface area (Å²) in [6.45, 7) is 1.92. The first-order valence-corrected chi connectivity index (χ1v) is 8.60. The van der Waals surface area contributed by atoms with Gasteiger partial charge in [0.1, 0.15) is 12.2 Å². The van der Waals surface area contributed by atoms with Gasteiger partial charge in [-0.1, -0.05) is 29.8 Å². The number of benzene rings is 2. The van der Waals surface area contributed by atoms with Crippen molar-refractivity contribution < 1.29 is 23.4 Å². The number of methoxy groups -OCH3 is 2. The van der Waals surface area contributed by atoms with E-state index in [0.29, 0.717) is 28.0 Å². The second kappa shape index (κ2) is 8.43. The SMILES string of the molecule is COc1cc2oc(=O)cc(COC(=O)C=Cc3ccc(C)cc3)c2cc1OC. The van der Waals surface area contributed by atoms with Crippen LogP contribution in [0.25, 0.3) is 17.0 Å². The van der Waals surface area contributed by atoms with Crippen LogP contribution in [-0.4, -0.2) is 20.2 Å². The summed E-state index contributed by atoms with van der Waals surface area (Å²) in [6.07, 6.45) is 3.02. The maximum Gasteiger partial charge on any atom is 0.336 e. The average molecular weight is 380 g/mol. The number of esters is 1. The Labute approximate surface area is 162 Å². The second-order valence-corrected chi connectivity index (χ2v) is 6.15. The molecule has 3 rings (SSSR count). The summed E-state index contributed by atoms with van der Waals surface area (Å²) in [6, 6.07) is 12.3. The van der Waals surface area contributed by atoms with Crippen LogP contribution in [0.15, 0.2) is 57.8 Å². The van der Waals surface area contributed by atoms with Gasteiger partial charge in [0, 0.05) is 29.2 Å². The monoisotopic (exact) mass is 380 g/mol. The number of hydrogen-bond donors (Lipinski definition) is 0. The standard InChI is InChI=1S/C22H20O6/c1-14-4-6-15(7-5-14)8-9-21(23)27-13-16-10-22(24)28-18-12-20(26-3)19(25-2)11-17(16)18/h4-12H,13H2,1-3H3. The summed E-state index contributed by atoms with van der Waals surface area (Å²) >= 11 is 0. The minimum absolute atomic E-state index is 0.0747. The van der Waals surface area contributed by atoms with E-state index in [4.69, 9.17) is 18.6 Å². The lowest BCUT2D eigenvalue weighted by atomic mass is 10.1. The van der Waals surface area contributed by atoms with Gasteiger partial charge in [-0.3, -0.25) is 0 Å². The molecule has 0 bridgehead atoms. The van der Waals surface area contributed by atoms with Crippen LogP contribution in [0.2, 0.25) is 0 Å². The zero-order chi connectivity index (χ0) is 20.1. The Morgan fingerprint density at radius 1 is 1.04 bits per heavy atom. The molecule has 0 spiro atoms. The third kappa shape index (κ3) is 4.40. The Morgan fingerprint density at radius 3 is 2.39 bits per heavy atom. The molecule has 0 saturated heterocycles. The molecule has 0 N–H and O–H groups in total. The number of fused-ring (bicyclic) bond motifs is 1. The molecule has 0 aliphatic carbocycles. The van der Waals surface area contributed by atoms with Gasteiger partial charge in [0.15, 0.2) is 11.5 Å². The minimum atomic E-state index is -0.541. The molecule has 1 aromatic heterocycles. The number of carbonyl (C=O) groups excluding carboxylic acids is 1. The topological polar surface area (TPSA) is 75.0 Å². The molecule has 0 radical (unpaired) electrons. The van der Waals surface area contributed by atoms with Crippen LogP contribution in [0.3, 0.4) is 0 Å². The van der Waals surface area contributed by atoms with Crippen LogP contribution in [0.4, 0.5) is 0 Å². The zero-order valence-corrected chi connectivity index (χ0v) is 15.9. The normalized spacial score (nSPS) is 11.0. The van der Waals surface area contributed by atoms with E-state index >= 15 is 0 Å². The molecule has 1 heterocycles. The van der Waals surface area contributed by atoms with Crippen LogP contribution >= 0.6 is 0 Å². The third-order valence-corrected chi connectivity index (χ3v) is 4.19. The third-order valence-electron chi connectivity index (χ3n) is 4.19. The van der Waals surface area contributed by atoms with Crippen molar-refractivity contribution in [2.45, 2.75) is 13.5 Å². The van der Waals surface area contributed by atoms with Crippen molar-refractivity contribution in [3.8, 4) is 11.5 Å². The van der Waals surface area contributed by atoms with E-state index in [-0.39, 0.29) is 6.61 Å². The lowest BCUT2D eigenvalue weighted by Gasteiger charge is -2.11. The van der Waals surface area contributed by atoms with Gasteiger partial charge in [0.2, 0.25) is 0 Å². The number of carbonyl (C=O) groups is 1. The van der Waals surface area contributed by atoms with Crippen molar-refractivity contribution in [3.63, 3.8) is 0 Å². The summed E-state index contributed by atoms with van der Waals surface area (Å²) < 4.78 is 21.0. The minimum Gasteiger partial charge on any atom is -0.493 e. The van der Waals surface area contributed by atoms with E-state index in [9.17, 15) is 9.59 Å². The number of aryl methyl sites for hydroxylation is 1. The Bertz CT molecular complexity index is 1080. The smallest absolute Gasteiger partial charge is 0.336 e. The molecule has 144 valence electrons. The summed E-state index contributed by atoms with van der Waals surface area (Å²) in [5.74, 6) is 0.409. The predicted molar refractivity (Wildman–Crippen MR) is 106 cm³/mol. The van der Waals surface area contributed by atoms with Crippen LogP contribution < -0.4 is 15.1 Å². The highest BCUT2D eigenvalue weighted by atomic mass is 16.5. The van der Waals surface area contributed by atoms with Crippen LogP contribution in [0.1, 0.15) is 16.7 Å². The average Bonchev–Trinajstić information content (AvgIpc) is 2.70. The maximum atomic E-state index is 12.0. The van der Waals surface area contributed by atoms with Gasteiger partial charge >= 0.3 is 11.6 Å². The van der Waals surface area contributed by atoms with E-state index in [1.54, 1.807) is 18.2 Å². The molecule has 0 aliphatic rings. The van der Waals surface area contributed by atoms with Gasteiger partial charge in [-0.2, -0.15) is 0 Å². The summed E-state index contributed by atoms with van der Waals surface area (Å²) in [7, 11) is 3.01. The highest BCUT2D eigenvalue weighted by Crippen LogP contribution is 2.33. The first-order chi connectivity index (χ1) is 13.5. The van der Waals surface area contributed by atoms with Crippen molar-refractivity contribution in [3.05, 3.63) is 75.7 Å². The lowest BCUT2D eigenvalue weighted by Crippen LogP contribution is -2.06. The molecule has 6 nitrogen and oxygen atoms in total. The molecule has 3 aromatic rings. The Morgan fingerprint density at radius 2 is 1.71 bits per heavy atom. The zero-order valence-electron chi connectivity index (χ0n) is 15.9. The molecule has 0 amide bonds. The molecular weight excluding hydrogens is 360 g/mol. The van der Waals surface area contributed by atoms with Gasteiger partial charge in [-0.05, 0) is 24.6 Å². The first-order valence-electron chi connectivity index (χ1n) is 8.60. The lowest BCUT2D eigenvalue weighted by molar-refractivity contribution is -0.138. The molecule has 28 heavy (non-hydrogen) atoms.